The summed E-state index contributed by atoms with van der Waals surface area (Å²) in [4.78, 5) is 35.9. The van der Waals surface area contributed by atoms with Crippen molar-refractivity contribution < 1.29 is 9.59 Å². The normalized spacial score (nSPS) is 16.9. The van der Waals surface area contributed by atoms with Gasteiger partial charge in [0.1, 0.15) is 12.4 Å². The van der Waals surface area contributed by atoms with Crippen molar-refractivity contribution in [3.8, 4) is 11.3 Å². The van der Waals surface area contributed by atoms with Gasteiger partial charge >= 0.3 is 6.03 Å². The molecule has 1 aliphatic heterocycles. The lowest BCUT2D eigenvalue weighted by atomic mass is 10.0. The second kappa shape index (κ2) is 7.39. The molecule has 6 nitrogen and oxygen atoms in total. The number of carbonyl (C=O) groups excluding carboxylic acids is 2. The Balaban J connectivity index is 1.73. The Morgan fingerprint density at radius 2 is 1.97 bits per heavy atom. The third-order valence-corrected chi connectivity index (χ3v) is 6.62. The van der Waals surface area contributed by atoms with Crippen LogP contribution < -0.4 is 5.32 Å². The molecule has 2 aromatic heterocycles. The van der Waals surface area contributed by atoms with E-state index in [0.717, 1.165) is 37.5 Å². The summed E-state index contributed by atoms with van der Waals surface area (Å²) in [7, 11) is 0. The molecule has 4 rings (SSSR count). The lowest BCUT2D eigenvalue weighted by Crippen LogP contribution is -2.34. The minimum atomic E-state index is -0.468. The number of nitrogens with one attached hydrogen (secondary N) is 1. The first-order valence-corrected chi connectivity index (χ1v) is 10.6. The number of aryl methyl sites for hydroxylation is 1. The first-order valence-electron chi connectivity index (χ1n) is 9.38. The van der Waals surface area contributed by atoms with E-state index in [1.165, 1.54) is 22.6 Å². The zero-order chi connectivity index (χ0) is 20.9. The number of benzene rings is 1. The predicted octanol–water partition coefficient (Wildman–Crippen LogP) is 4.70. The topological polar surface area (TPSA) is 75.2 Å². The largest absolute Gasteiger partial charge is 0.326 e. The number of carbonyl (C=O) groups is 2. The van der Waals surface area contributed by atoms with Crippen molar-refractivity contribution >= 4 is 45.1 Å². The molecule has 150 valence electrons. The molecular weight excluding hydrogens is 408 g/mol. The zero-order valence-electron chi connectivity index (χ0n) is 16.6. The van der Waals surface area contributed by atoms with Crippen molar-refractivity contribution in [2.24, 2.45) is 5.92 Å². The molecule has 1 fully saturated rings. The van der Waals surface area contributed by atoms with Gasteiger partial charge in [-0.25, -0.2) is 14.8 Å². The molecule has 0 bridgehead atoms. The highest BCUT2D eigenvalue weighted by Gasteiger charge is 2.39. The number of fused-ring (bicyclic) bond motifs is 1. The molecule has 3 aromatic rings. The molecule has 1 N–H and O–H groups in total. The van der Waals surface area contributed by atoms with Crippen LogP contribution in [0.25, 0.3) is 21.5 Å². The summed E-state index contributed by atoms with van der Waals surface area (Å²) in [5, 5.41) is 3.42. The van der Waals surface area contributed by atoms with Gasteiger partial charge in [-0.15, -0.1) is 11.3 Å². The van der Waals surface area contributed by atoms with Crippen molar-refractivity contribution in [3.63, 3.8) is 0 Å². The summed E-state index contributed by atoms with van der Waals surface area (Å²) >= 11 is 7.78. The average molecular weight is 429 g/mol. The SMILES string of the molecule is Cc1cc(Cl)cc(-c2ncnc3cc(CN4C(=O)NC(C(C)C)C4=O)sc23)c1C. The predicted molar refractivity (Wildman–Crippen MR) is 115 cm³/mol. The van der Waals surface area contributed by atoms with Crippen LogP contribution in [-0.4, -0.2) is 32.8 Å². The molecule has 0 spiro atoms. The fraction of sp³-hybridized carbons (Fsp3) is 0.333. The third kappa shape index (κ3) is 3.49. The van der Waals surface area contributed by atoms with Crippen LogP contribution in [0.4, 0.5) is 4.79 Å². The van der Waals surface area contributed by atoms with E-state index in [-0.39, 0.29) is 24.4 Å². The fourth-order valence-corrected chi connectivity index (χ4v) is 4.91. The molecule has 0 radical (unpaired) electrons. The summed E-state index contributed by atoms with van der Waals surface area (Å²) < 4.78 is 0.916. The highest BCUT2D eigenvalue weighted by atomic mass is 35.5. The van der Waals surface area contributed by atoms with Gasteiger partial charge in [0.05, 0.1) is 22.5 Å². The summed E-state index contributed by atoms with van der Waals surface area (Å²) in [6, 6.07) is 4.95. The maximum atomic E-state index is 12.6. The van der Waals surface area contributed by atoms with Crippen LogP contribution in [0.5, 0.6) is 0 Å². The molecule has 1 saturated heterocycles. The second-order valence-electron chi connectivity index (χ2n) is 7.64. The summed E-state index contributed by atoms with van der Waals surface area (Å²) in [5.74, 6) is -0.138. The number of hydrogen-bond acceptors (Lipinski definition) is 5. The highest BCUT2D eigenvalue weighted by molar-refractivity contribution is 7.19. The van der Waals surface area contributed by atoms with Gasteiger partial charge in [0.2, 0.25) is 0 Å². The van der Waals surface area contributed by atoms with Gasteiger partial charge in [0.25, 0.3) is 5.91 Å². The summed E-state index contributed by atoms with van der Waals surface area (Å²) in [6.07, 6.45) is 1.53. The van der Waals surface area contributed by atoms with E-state index in [0.29, 0.717) is 5.02 Å². The first kappa shape index (κ1) is 19.8. The molecule has 3 amide bonds. The molecule has 29 heavy (non-hydrogen) atoms. The van der Waals surface area contributed by atoms with E-state index >= 15 is 0 Å². The van der Waals surface area contributed by atoms with Crippen molar-refractivity contribution in [2.45, 2.75) is 40.3 Å². The molecule has 3 heterocycles. The van der Waals surface area contributed by atoms with Crippen molar-refractivity contribution in [2.75, 3.05) is 0 Å². The van der Waals surface area contributed by atoms with Gasteiger partial charge in [-0.2, -0.15) is 0 Å². The Bertz CT molecular complexity index is 1140. The smallest absolute Gasteiger partial charge is 0.325 e. The monoisotopic (exact) mass is 428 g/mol. The van der Waals surface area contributed by atoms with E-state index in [4.69, 9.17) is 11.6 Å². The molecule has 0 aliphatic carbocycles. The van der Waals surface area contributed by atoms with Gasteiger partial charge in [0.15, 0.2) is 0 Å². The van der Waals surface area contributed by atoms with Crippen LogP contribution in [0.1, 0.15) is 29.9 Å². The number of aromatic nitrogens is 2. The van der Waals surface area contributed by atoms with Crippen LogP contribution in [-0.2, 0) is 11.3 Å². The van der Waals surface area contributed by atoms with Gasteiger partial charge in [-0.3, -0.25) is 9.69 Å². The number of hydrogen-bond donors (Lipinski definition) is 1. The Morgan fingerprint density at radius 1 is 1.21 bits per heavy atom. The zero-order valence-corrected chi connectivity index (χ0v) is 18.2. The van der Waals surface area contributed by atoms with E-state index in [9.17, 15) is 9.59 Å². The number of rotatable bonds is 4. The summed E-state index contributed by atoms with van der Waals surface area (Å²) in [5.41, 5.74) is 4.77. The van der Waals surface area contributed by atoms with E-state index in [1.54, 1.807) is 0 Å². The van der Waals surface area contributed by atoms with Crippen molar-refractivity contribution in [1.29, 1.82) is 0 Å². The van der Waals surface area contributed by atoms with E-state index in [2.05, 4.69) is 15.3 Å². The first-order chi connectivity index (χ1) is 13.8. The molecule has 0 saturated carbocycles. The van der Waals surface area contributed by atoms with Gasteiger partial charge < -0.3 is 5.32 Å². The number of urea groups is 1. The molecule has 8 heteroatoms. The Hall–Kier alpha value is -2.51. The van der Waals surface area contributed by atoms with Crippen LogP contribution in [0.3, 0.4) is 0 Å². The Morgan fingerprint density at radius 3 is 2.66 bits per heavy atom. The van der Waals surface area contributed by atoms with E-state index in [1.807, 2.05) is 45.9 Å². The standard InChI is InChI=1S/C21H21ClN4O2S/c1-10(2)17-20(27)26(21(28)25-17)8-14-7-16-19(29-14)18(24-9-23-16)15-6-13(22)5-11(3)12(15)4/h5-7,9-10,17H,8H2,1-4H3,(H,25,28). The molecule has 1 unspecified atom stereocenters. The van der Waals surface area contributed by atoms with Crippen molar-refractivity contribution in [1.82, 2.24) is 20.2 Å². The number of amides is 3. The minimum Gasteiger partial charge on any atom is -0.326 e. The van der Waals surface area contributed by atoms with E-state index < -0.39 is 6.04 Å². The maximum absolute atomic E-state index is 12.6. The third-order valence-electron chi connectivity index (χ3n) is 5.29. The second-order valence-corrected chi connectivity index (χ2v) is 9.21. The Labute approximate surface area is 177 Å². The minimum absolute atomic E-state index is 0.0466. The lowest BCUT2D eigenvalue weighted by molar-refractivity contribution is -0.128. The quantitative estimate of drug-likeness (QED) is 0.611. The summed E-state index contributed by atoms with van der Waals surface area (Å²) in [6.45, 7) is 8.13. The molecule has 1 aromatic carbocycles. The van der Waals surface area contributed by atoms with Crippen LogP contribution in [0, 0.1) is 19.8 Å². The van der Waals surface area contributed by atoms with Crippen molar-refractivity contribution in [3.05, 3.63) is 45.6 Å². The van der Waals surface area contributed by atoms with Crippen LogP contribution in [0.2, 0.25) is 5.02 Å². The van der Waals surface area contributed by atoms with Gasteiger partial charge in [0, 0.05) is 15.5 Å². The molecule has 1 atom stereocenters. The van der Waals surface area contributed by atoms with Crippen LogP contribution in [0.15, 0.2) is 24.5 Å². The number of nitrogens with zero attached hydrogens (tertiary/aromatic N) is 3. The lowest BCUT2D eigenvalue weighted by Gasteiger charge is -2.13. The molecular formula is C21H21ClN4O2S. The number of imide groups is 1. The maximum Gasteiger partial charge on any atom is 0.325 e. The number of halogens is 1. The van der Waals surface area contributed by atoms with Crippen LogP contribution >= 0.6 is 22.9 Å². The Kier molecular flexibility index (Phi) is 5.04. The fourth-order valence-electron chi connectivity index (χ4n) is 3.53. The number of thiophene rings is 1. The van der Waals surface area contributed by atoms with Gasteiger partial charge in [-0.05, 0) is 49.1 Å². The molecule has 1 aliphatic rings. The highest BCUT2D eigenvalue weighted by Crippen LogP contribution is 2.36. The average Bonchev–Trinajstić information content (AvgIpc) is 3.20. The van der Waals surface area contributed by atoms with Gasteiger partial charge in [-0.1, -0.05) is 25.4 Å².